The monoisotopic (exact) mass is 282 g/mol. The van der Waals surface area contributed by atoms with Crippen molar-refractivity contribution in [3.63, 3.8) is 0 Å². The van der Waals surface area contributed by atoms with Gasteiger partial charge in [-0.2, -0.15) is 0 Å². The summed E-state index contributed by atoms with van der Waals surface area (Å²) in [4.78, 5) is 13.6. The summed E-state index contributed by atoms with van der Waals surface area (Å²) in [7, 11) is 0. The Morgan fingerprint density at radius 2 is 2.17 bits per heavy atom. The first kappa shape index (κ1) is 13.3. The summed E-state index contributed by atoms with van der Waals surface area (Å²) in [6.45, 7) is 2.12. The van der Waals surface area contributed by atoms with E-state index in [1.807, 2.05) is 30.3 Å². The number of hydrogen-bond donors (Lipinski definition) is 1. The third kappa shape index (κ3) is 2.50. The highest BCUT2D eigenvalue weighted by Gasteiger charge is 2.41. The molecule has 2 atom stereocenters. The molecule has 1 heterocycles. The Labute approximate surface area is 115 Å². The Morgan fingerprint density at radius 3 is 2.78 bits per heavy atom. The fraction of sp³-hybridized carbons (Fsp3) is 0.333. The Bertz CT molecular complexity index is 453. The summed E-state index contributed by atoms with van der Waals surface area (Å²) >= 11 is 6.56. The van der Waals surface area contributed by atoms with Crippen molar-refractivity contribution in [1.29, 1.82) is 0 Å². The Kier molecular flexibility index (Phi) is 4.21. The van der Waals surface area contributed by atoms with Crippen molar-refractivity contribution in [3.8, 4) is 0 Å². The van der Waals surface area contributed by atoms with E-state index >= 15 is 0 Å². The lowest BCUT2D eigenvalue weighted by atomic mass is 10.2. The normalized spacial score (nSPS) is 23.2. The number of carbonyl (C=O) groups is 1. The smallest absolute Gasteiger partial charge is 0.323 e. The summed E-state index contributed by atoms with van der Waals surface area (Å²) < 4.78 is 5.61. The second kappa shape index (κ2) is 5.69. The van der Waals surface area contributed by atoms with Gasteiger partial charge in [0, 0.05) is 5.69 Å². The largest absolute Gasteiger partial charge is 0.465 e. The summed E-state index contributed by atoms with van der Waals surface area (Å²) in [6.07, 6.45) is -0.482. The maximum Gasteiger partial charge on any atom is 0.323 e. The van der Waals surface area contributed by atoms with Crippen LogP contribution in [0.2, 0.25) is 0 Å². The number of rotatable bonds is 3. The summed E-state index contributed by atoms with van der Waals surface area (Å²) in [5.41, 5.74) is 6.99. The molecule has 2 unspecified atom stereocenters. The van der Waals surface area contributed by atoms with Crippen molar-refractivity contribution in [2.45, 2.75) is 18.3 Å². The minimum Gasteiger partial charge on any atom is -0.465 e. The molecule has 0 radical (unpaired) electrons. The van der Waals surface area contributed by atoms with Gasteiger partial charge in [0.2, 0.25) is 0 Å². The first-order chi connectivity index (χ1) is 8.65. The van der Waals surface area contributed by atoms with E-state index in [1.165, 1.54) is 11.8 Å². The molecule has 1 saturated heterocycles. The lowest BCUT2D eigenvalue weighted by Gasteiger charge is -2.23. The Morgan fingerprint density at radius 1 is 1.50 bits per heavy atom. The van der Waals surface area contributed by atoms with Crippen LogP contribution in [0, 0.1) is 0 Å². The van der Waals surface area contributed by atoms with Gasteiger partial charge in [-0.3, -0.25) is 4.79 Å². The molecule has 1 fully saturated rings. The highest BCUT2D eigenvalue weighted by atomic mass is 32.2. The third-order valence-corrected chi connectivity index (χ3v) is 4.20. The molecule has 0 aromatic heterocycles. The van der Waals surface area contributed by atoms with E-state index in [2.05, 4.69) is 0 Å². The van der Waals surface area contributed by atoms with E-state index in [-0.39, 0.29) is 5.97 Å². The number of para-hydroxylation sites is 1. The van der Waals surface area contributed by atoms with Crippen LogP contribution in [-0.2, 0) is 9.53 Å². The predicted octanol–water partition coefficient (Wildman–Crippen LogP) is 1.74. The minimum absolute atomic E-state index is 0.309. The molecule has 2 N–H and O–H groups in total. The highest BCUT2D eigenvalue weighted by Crippen LogP contribution is 2.34. The van der Waals surface area contributed by atoms with Crippen LogP contribution in [0.15, 0.2) is 30.3 Å². The van der Waals surface area contributed by atoms with Gasteiger partial charge in [-0.05, 0) is 19.1 Å². The van der Waals surface area contributed by atoms with Crippen molar-refractivity contribution in [3.05, 3.63) is 30.3 Å². The number of thioether (sulfide) groups is 1. The van der Waals surface area contributed by atoms with E-state index in [0.29, 0.717) is 10.9 Å². The molecule has 0 spiro atoms. The van der Waals surface area contributed by atoms with E-state index in [4.69, 9.17) is 22.7 Å². The van der Waals surface area contributed by atoms with Gasteiger partial charge in [0.25, 0.3) is 0 Å². The number of esters is 1. The lowest BCUT2D eigenvalue weighted by Crippen LogP contribution is -2.46. The number of thiocarbonyl (C=S) groups is 1. The van der Waals surface area contributed by atoms with Gasteiger partial charge in [-0.1, -0.05) is 42.2 Å². The summed E-state index contributed by atoms with van der Waals surface area (Å²) in [5.74, 6) is -0.309. The van der Waals surface area contributed by atoms with Crippen LogP contribution in [-0.4, -0.2) is 28.3 Å². The molecule has 0 saturated carbocycles. The van der Waals surface area contributed by atoms with E-state index in [9.17, 15) is 4.79 Å². The number of anilines is 1. The van der Waals surface area contributed by atoms with Gasteiger partial charge in [0.05, 0.1) is 6.61 Å². The SMILES string of the molecule is CCOC(=O)C1SC(=S)N(c2ccccc2)C1N. The fourth-order valence-corrected chi connectivity index (χ4v) is 3.29. The molecule has 0 amide bonds. The molecule has 2 rings (SSSR count). The van der Waals surface area contributed by atoms with Gasteiger partial charge in [-0.25, -0.2) is 0 Å². The standard InChI is InChI=1S/C12H14N2O2S2/c1-2-16-11(15)9-10(13)14(12(17)18-9)8-6-4-3-5-7-8/h3-7,9-10H,2,13H2,1H3. The van der Waals surface area contributed by atoms with Crippen LogP contribution >= 0.6 is 24.0 Å². The molecular formula is C12H14N2O2S2. The van der Waals surface area contributed by atoms with Crippen LogP contribution in [0.5, 0.6) is 0 Å². The van der Waals surface area contributed by atoms with E-state index in [1.54, 1.807) is 11.8 Å². The van der Waals surface area contributed by atoms with Crippen molar-refractivity contribution < 1.29 is 9.53 Å². The fourth-order valence-electron chi connectivity index (χ4n) is 1.77. The van der Waals surface area contributed by atoms with Gasteiger partial charge in [0.1, 0.15) is 15.7 Å². The number of nitrogens with zero attached hydrogens (tertiary/aromatic N) is 1. The number of benzene rings is 1. The Hall–Kier alpha value is -1.11. The molecule has 1 aliphatic rings. The molecular weight excluding hydrogens is 268 g/mol. The molecule has 4 nitrogen and oxygen atoms in total. The average molecular weight is 282 g/mol. The van der Waals surface area contributed by atoms with Gasteiger partial charge in [0.15, 0.2) is 0 Å². The molecule has 1 aromatic carbocycles. The van der Waals surface area contributed by atoms with Gasteiger partial charge < -0.3 is 15.4 Å². The van der Waals surface area contributed by atoms with Crippen LogP contribution in [0.3, 0.4) is 0 Å². The van der Waals surface area contributed by atoms with Crippen molar-refractivity contribution >= 4 is 40.0 Å². The van der Waals surface area contributed by atoms with Crippen LogP contribution in [0.1, 0.15) is 6.92 Å². The first-order valence-electron chi connectivity index (χ1n) is 5.62. The number of carbonyl (C=O) groups excluding carboxylic acids is 1. The van der Waals surface area contributed by atoms with E-state index < -0.39 is 11.4 Å². The number of ether oxygens (including phenoxy) is 1. The predicted molar refractivity (Wildman–Crippen MR) is 77.5 cm³/mol. The van der Waals surface area contributed by atoms with Crippen LogP contribution in [0.4, 0.5) is 5.69 Å². The van der Waals surface area contributed by atoms with Crippen molar-refractivity contribution in [2.24, 2.45) is 5.73 Å². The minimum atomic E-state index is -0.482. The van der Waals surface area contributed by atoms with Gasteiger partial charge >= 0.3 is 5.97 Å². The topological polar surface area (TPSA) is 55.6 Å². The lowest BCUT2D eigenvalue weighted by molar-refractivity contribution is -0.142. The van der Waals surface area contributed by atoms with Crippen molar-refractivity contribution in [2.75, 3.05) is 11.5 Å². The van der Waals surface area contributed by atoms with Crippen LogP contribution in [0.25, 0.3) is 0 Å². The zero-order valence-electron chi connectivity index (χ0n) is 9.91. The first-order valence-corrected chi connectivity index (χ1v) is 6.91. The maximum absolute atomic E-state index is 11.8. The number of nitrogens with two attached hydrogens (primary N) is 1. The number of hydrogen-bond acceptors (Lipinski definition) is 5. The molecule has 18 heavy (non-hydrogen) atoms. The molecule has 1 aliphatic heterocycles. The quantitative estimate of drug-likeness (QED) is 0.673. The molecule has 96 valence electrons. The highest BCUT2D eigenvalue weighted by molar-refractivity contribution is 8.24. The molecule has 0 aliphatic carbocycles. The molecule has 0 bridgehead atoms. The zero-order chi connectivity index (χ0) is 13.1. The second-order valence-corrected chi connectivity index (χ2v) is 5.53. The molecule has 6 heteroatoms. The van der Waals surface area contributed by atoms with Crippen molar-refractivity contribution in [1.82, 2.24) is 0 Å². The molecule has 1 aromatic rings. The van der Waals surface area contributed by atoms with Crippen LogP contribution < -0.4 is 10.6 Å². The third-order valence-electron chi connectivity index (χ3n) is 2.59. The van der Waals surface area contributed by atoms with Gasteiger partial charge in [-0.15, -0.1) is 0 Å². The second-order valence-electron chi connectivity index (χ2n) is 3.75. The Balaban J connectivity index is 2.20. The summed E-state index contributed by atoms with van der Waals surface area (Å²) in [5, 5.41) is -0.461. The average Bonchev–Trinajstić information content (AvgIpc) is 2.66. The summed E-state index contributed by atoms with van der Waals surface area (Å²) in [6, 6.07) is 9.57. The maximum atomic E-state index is 11.8. The zero-order valence-corrected chi connectivity index (χ0v) is 11.5. The van der Waals surface area contributed by atoms with E-state index in [0.717, 1.165) is 5.69 Å².